The smallest absolute Gasteiger partial charge is 0.290 e. The SMILES string of the molecule is CCOc1ccc(C2c3c(oc4c(C)cc(C)cc4c3=O)C(=O)N2CCc2ccc(OC)cc2)cc1. The highest BCUT2D eigenvalue weighted by atomic mass is 16.5. The topological polar surface area (TPSA) is 69.0 Å². The molecule has 0 spiro atoms. The lowest BCUT2D eigenvalue weighted by atomic mass is 9.97. The molecule has 3 aromatic carbocycles. The van der Waals surface area contributed by atoms with E-state index in [9.17, 15) is 9.59 Å². The van der Waals surface area contributed by atoms with Crippen molar-refractivity contribution < 1.29 is 18.7 Å². The lowest BCUT2D eigenvalue weighted by Gasteiger charge is -2.25. The van der Waals surface area contributed by atoms with Crippen LogP contribution in [0.5, 0.6) is 11.5 Å². The molecule has 4 aromatic rings. The zero-order valence-corrected chi connectivity index (χ0v) is 21.0. The van der Waals surface area contributed by atoms with Crippen molar-refractivity contribution in [3.05, 3.63) is 104 Å². The molecule has 0 saturated carbocycles. The van der Waals surface area contributed by atoms with Crippen LogP contribution < -0.4 is 14.9 Å². The van der Waals surface area contributed by atoms with Crippen LogP contribution in [0.1, 0.15) is 51.3 Å². The third-order valence-corrected chi connectivity index (χ3v) is 6.70. The molecule has 0 bridgehead atoms. The summed E-state index contributed by atoms with van der Waals surface area (Å²) in [5.74, 6) is 1.39. The fourth-order valence-electron chi connectivity index (χ4n) is 5.01. The molecule has 0 aliphatic carbocycles. The van der Waals surface area contributed by atoms with Crippen LogP contribution in [-0.4, -0.2) is 31.1 Å². The molecule has 184 valence electrons. The van der Waals surface area contributed by atoms with Gasteiger partial charge in [0.05, 0.1) is 30.7 Å². The Morgan fingerprint density at radius 3 is 2.31 bits per heavy atom. The normalized spacial score (nSPS) is 14.8. The summed E-state index contributed by atoms with van der Waals surface area (Å²) in [5, 5.41) is 0.506. The Morgan fingerprint density at radius 1 is 0.944 bits per heavy atom. The second-order valence-corrected chi connectivity index (χ2v) is 9.13. The van der Waals surface area contributed by atoms with Gasteiger partial charge in [-0.15, -0.1) is 0 Å². The summed E-state index contributed by atoms with van der Waals surface area (Å²) < 4.78 is 17.0. The minimum atomic E-state index is -0.539. The van der Waals surface area contributed by atoms with Gasteiger partial charge in [-0.25, -0.2) is 0 Å². The summed E-state index contributed by atoms with van der Waals surface area (Å²) in [6, 6.07) is 18.6. The average Bonchev–Trinajstić information content (AvgIpc) is 3.16. The number of nitrogens with zero attached hydrogens (tertiary/aromatic N) is 1. The molecule has 36 heavy (non-hydrogen) atoms. The summed E-state index contributed by atoms with van der Waals surface area (Å²) in [7, 11) is 1.63. The van der Waals surface area contributed by atoms with Crippen molar-refractivity contribution in [1.29, 1.82) is 0 Å². The Labute approximate surface area is 210 Å². The van der Waals surface area contributed by atoms with E-state index in [0.717, 1.165) is 33.8 Å². The molecule has 1 aliphatic heterocycles. The number of methoxy groups -OCH3 is 1. The molecular formula is C30H29NO5. The van der Waals surface area contributed by atoms with Gasteiger partial charge in [-0.2, -0.15) is 0 Å². The first kappa shape index (κ1) is 23.7. The van der Waals surface area contributed by atoms with Gasteiger partial charge in [-0.3, -0.25) is 9.59 Å². The first-order valence-electron chi connectivity index (χ1n) is 12.2. The number of fused-ring (bicyclic) bond motifs is 2. The average molecular weight is 484 g/mol. The molecule has 6 heteroatoms. The molecule has 0 radical (unpaired) electrons. The van der Waals surface area contributed by atoms with Crippen molar-refractivity contribution in [2.75, 3.05) is 20.3 Å². The van der Waals surface area contributed by atoms with Gasteiger partial charge in [0.25, 0.3) is 5.91 Å². The number of aryl methyl sites for hydroxylation is 2. The predicted octanol–water partition coefficient (Wildman–Crippen LogP) is 5.61. The fraction of sp³-hybridized carbons (Fsp3) is 0.267. The van der Waals surface area contributed by atoms with Crippen molar-refractivity contribution in [1.82, 2.24) is 4.90 Å². The molecule has 1 atom stereocenters. The summed E-state index contributed by atoms with van der Waals surface area (Å²) in [5.41, 5.74) is 4.45. The summed E-state index contributed by atoms with van der Waals surface area (Å²) in [6.45, 7) is 6.78. The van der Waals surface area contributed by atoms with E-state index in [1.54, 1.807) is 12.0 Å². The molecule has 1 unspecified atom stereocenters. The Bertz CT molecular complexity index is 1490. The number of amides is 1. The van der Waals surface area contributed by atoms with Gasteiger partial charge in [0.15, 0.2) is 5.43 Å². The second-order valence-electron chi connectivity index (χ2n) is 9.13. The Morgan fingerprint density at radius 2 is 1.64 bits per heavy atom. The van der Waals surface area contributed by atoms with Crippen LogP contribution in [0.3, 0.4) is 0 Å². The van der Waals surface area contributed by atoms with Crippen LogP contribution in [0.15, 0.2) is 69.9 Å². The third kappa shape index (κ3) is 4.13. The van der Waals surface area contributed by atoms with Crippen LogP contribution in [0.2, 0.25) is 0 Å². The molecule has 1 aliphatic rings. The minimum Gasteiger partial charge on any atom is -0.497 e. The summed E-state index contributed by atoms with van der Waals surface area (Å²) in [6.07, 6.45) is 0.628. The number of benzene rings is 3. The Hall–Kier alpha value is -4.06. The molecule has 2 heterocycles. The van der Waals surface area contributed by atoms with Crippen LogP contribution in [0, 0.1) is 13.8 Å². The highest BCUT2D eigenvalue weighted by Crippen LogP contribution is 2.39. The first-order chi connectivity index (χ1) is 17.4. The Kier molecular flexibility index (Phi) is 6.27. The van der Waals surface area contributed by atoms with E-state index < -0.39 is 6.04 Å². The quantitative estimate of drug-likeness (QED) is 0.342. The van der Waals surface area contributed by atoms with E-state index in [2.05, 4.69) is 0 Å². The standard InChI is InChI=1S/C30H29NO5/c1-5-35-23-12-8-21(9-13-23)26-25-27(32)24-17-18(2)16-19(3)28(24)36-29(25)30(33)31(26)15-14-20-6-10-22(34-4)11-7-20/h6-13,16-17,26H,5,14-15H2,1-4H3. The van der Waals surface area contributed by atoms with Crippen LogP contribution >= 0.6 is 0 Å². The molecule has 0 N–H and O–H groups in total. The number of rotatable bonds is 7. The van der Waals surface area contributed by atoms with Gasteiger partial charge in [0.2, 0.25) is 5.76 Å². The fourth-order valence-corrected chi connectivity index (χ4v) is 5.01. The van der Waals surface area contributed by atoms with Gasteiger partial charge in [-0.1, -0.05) is 30.3 Å². The van der Waals surface area contributed by atoms with Crippen molar-refractivity contribution in [3.63, 3.8) is 0 Å². The monoisotopic (exact) mass is 483 g/mol. The largest absolute Gasteiger partial charge is 0.497 e. The predicted molar refractivity (Wildman–Crippen MR) is 139 cm³/mol. The molecular weight excluding hydrogens is 454 g/mol. The van der Waals surface area contributed by atoms with E-state index in [1.165, 1.54) is 0 Å². The van der Waals surface area contributed by atoms with Gasteiger partial charge in [0, 0.05) is 6.54 Å². The van der Waals surface area contributed by atoms with Crippen molar-refractivity contribution in [3.8, 4) is 11.5 Å². The van der Waals surface area contributed by atoms with E-state index >= 15 is 0 Å². The number of ether oxygens (including phenoxy) is 2. The maximum atomic E-state index is 13.8. The highest BCUT2D eigenvalue weighted by Gasteiger charge is 2.42. The van der Waals surface area contributed by atoms with Gasteiger partial charge >= 0.3 is 0 Å². The second kappa shape index (κ2) is 9.53. The van der Waals surface area contributed by atoms with E-state index in [0.29, 0.717) is 36.1 Å². The maximum Gasteiger partial charge on any atom is 0.290 e. The zero-order valence-electron chi connectivity index (χ0n) is 21.0. The van der Waals surface area contributed by atoms with E-state index in [1.807, 2.05) is 81.4 Å². The van der Waals surface area contributed by atoms with Crippen LogP contribution in [-0.2, 0) is 6.42 Å². The molecule has 6 nitrogen and oxygen atoms in total. The molecule has 1 amide bonds. The first-order valence-corrected chi connectivity index (χ1v) is 12.2. The molecule has 1 aromatic heterocycles. The van der Waals surface area contributed by atoms with Crippen molar-refractivity contribution in [2.24, 2.45) is 0 Å². The number of carbonyl (C=O) groups excluding carboxylic acids is 1. The number of carbonyl (C=O) groups is 1. The lowest BCUT2D eigenvalue weighted by molar-refractivity contribution is 0.0730. The Balaban J connectivity index is 1.60. The molecule has 0 saturated heterocycles. The highest BCUT2D eigenvalue weighted by molar-refractivity contribution is 5.99. The lowest BCUT2D eigenvalue weighted by Crippen LogP contribution is -2.31. The van der Waals surface area contributed by atoms with Gasteiger partial charge in [-0.05, 0) is 79.8 Å². The van der Waals surface area contributed by atoms with Crippen molar-refractivity contribution >= 4 is 16.9 Å². The number of hydrogen-bond acceptors (Lipinski definition) is 5. The van der Waals surface area contributed by atoms with Crippen molar-refractivity contribution in [2.45, 2.75) is 33.2 Å². The third-order valence-electron chi connectivity index (χ3n) is 6.70. The number of hydrogen-bond donors (Lipinski definition) is 0. The van der Waals surface area contributed by atoms with Gasteiger partial charge in [0.1, 0.15) is 17.1 Å². The summed E-state index contributed by atoms with van der Waals surface area (Å²) >= 11 is 0. The molecule has 0 fully saturated rings. The maximum absolute atomic E-state index is 13.8. The van der Waals surface area contributed by atoms with E-state index in [4.69, 9.17) is 13.9 Å². The van der Waals surface area contributed by atoms with Crippen LogP contribution in [0.4, 0.5) is 0 Å². The molecule has 5 rings (SSSR count). The summed E-state index contributed by atoms with van der Waals surface area (Å²) in [4.78, 5) is 29.3. The van der Waals surface area contributed by atoms with Gasteiger partial charge < -0.3 is 18.8 Å². The van der Waals surface area contributed by atoms with E-state index in [-0.39, 0.29) is 17.1 Å². The van der Waals surface area contributed by atoms with Crippen LogP contribution in [0.25, 0.3) is 11.0 Å². The zero-order chi connectivity index (χ0) is 25.4. The minimum absolute atomic E-state index is 0.132.